The van der Waals surface area contributed by atoms with Crippen LogP contribution in [-0.2, 0) is 0 Å². The topological polar surface area (TPSA) is 111 Å². The first-order chi connectivity index (χ1) is 18.3. The van der Waals surface area contributed by atoms with Crippen molar-refractivity contribution in [2.45, 2.75) is 26.8 Å². The van der Waals surface area contributed by atoms with Crippen molar-refractivity contribution in [3.05, 3.63) is 105 Å². The molecule has 4 rings (SSSR count). The smallest absolute Gasteiger partial charge is 0.267 e. The van der Waals surface area contributed by atoms with Crippen LogP contribution < -0.4 is 21.9 Å². The van der Waals surface area contributed by atoms with E-state index in [9.17, 15) is 4.79 Å². The molecule has 38 heavy (non-hydrogen) atoms. The summed E-state index contributed by atoms with van der Waals surface area (Å²) in [5, 5.41) is 7.11. The minimum absolute atomic E-state index is 0.235. The van der Waals surface area contributed by atoms with Gasteiger partial charge in [-0.1, -0.05) is 53.4 Å². The lowest BCUT2D eigenvalue weighted by molar-refractivity contribution is 0.730. The number of rotatable bonds is 6. The Morgan fingerprint density at radius 2 is 1.87 bits per heavy atom. The number of allylic oxidation sites excluding steroid dienone is 4. The second kappa shape index (κ2) is 11.6. The summed E-state index contributed by atoms with van der Waals surface area (Å²) in [6, 6.07) is 14.1. The summed E-state index contributed by atoms with van der Waals surface area (Å²) in [6.07, 6.45) is 5.22. The molecular formula is C29H28ClN7O. The molecule has 4 aromatic rings. The van der Waals surface area contributed by atoms with E-state index in [-0.39, 0.29) is 11.4 Å². The van der Waals surface area contributed by atoms with E-state index in [1.807, 2.05) is 63.3 Å². The molecule has 4 N–H and O–H groups in total. The predicted octanol–water partition coefficient (Wildman–Crippen LogP) is 5.01. The average molecular weight is 526 g/mol. The molecule has 0 bridgehead atoms. The van der Waals surface area contributed by atoms with Gasteiger partial charge in [0.1, 0.15) is 29.4 Å². The summed E-state index contributed by atoms with van der Waals surface area (Å²) in [5.74, 6) is 7.30. The lowest BCUT2D eigenvalue weighted by Crippen LogP contribution is -2.27. The number of para-hydroxylation sites is 1. The molecule has 0 fully saturated rings. The number of benzene rings is 2. The van der Waals surface area contributed by atoms with Crippen LogP contribution in [0.25, 0.3) is 16.6 Å². The van der Waals surface area contributed by atoms with Crippen molar-refractivity contribution in [1.82, 2.24) is 24.8 Å². The van der Waals surface area contributed by atoms with Gasteiger partial charge in [0.05, 0.1) is 33.4 Å². The molecule has 192 valence electrons. The molecular weight excluding hydrogens is 498 g/mol. The van der Waals surface area contributed by atoms with Gasteiger partial charge in [-0.2, -0.15) is 0 Å². The molecule has 0 aliphatic carbocycles. The fourth-order valence-electron chi connectivity index (χ4n) is 3.79. The Morgan fingerprint density at radius 1 is 1.11 bits per heavy atom. The van der Waals surface area contributed by atoms with Gasteiger partial charge in [0.25, 0.3) is 5.56 Å². The van der Waals surface area contributed by atoms with E-state index >= 15 is 0 Å². The van der Waals surface area contributed by atoms with E-state index in [4.69, 9.17) is 22.3 Å². The Labute approximate surface area is 226 Å². The Hall–Kier alpha value is -4.61. The number of aromatic nitrogens is 4. The zero-order valence-electron chi connectivity index (χ0n) is 21.6. The van der Waals surface area contributed by atoms with Crippen molar-refractivity contribution in [3.63, 3.8) is 0 Å². The Bertz CT molecular complexity index is 1660. The van der Waals surface area contributed by atoms with Crippen LogP contribution in [0, 0.1) is 11.8 Å². The molecule has 0 aliphatic rings. The van der Waals surface area contributed by atoms with Gasteiger partial charge in [-0.05, 0) is 57.0 Å². The van der Waals surface area contributed by atoms with Gasteiger partial charge in [-0.25, -0.2) is 15.0 Å². The first-order valence-corrected chi connectivity index (χ1v) is 12.4. The van der Waals surface area contributed by atoms with Gasteiger partial charge in [0.15, 0.2) is 0 Å². The monoisotopic (exact) mass is 525 g/mol. The van der Waals surface area contributed by atoms with E-state index in [2.05, 4.69) is 32.4 Å². The third-order valence-corrected chi connectivity index (χ3v) is 5.99. The number of hydrogen-bond donors (Lipinski definition) is 3. The number of hydrogen-bond acceptors (Lipinski definition) is 7. The Balaban J connectivity index is 1.82. The van der Waals surface area contributed by atoms with Crippen LogP contribution >= 0.6 is 11.6 Å². The summed E-state index contributed by atoms with van der Waals surface area (Å²) in [4.78, 5) is 27.0. The Morgan fingerprint density at radius 3 is 2.58 bits per heavy atom. The van der Waals surface area contributed by atoms with Crippen molar-refractivity contribution in [2.75, 3.05) is 18.1 Å². The number of halogens is 1. The molecule has 2 aromatic carbocycles. The zero-order chi connectivity index (χ0) is 27.2. The van der Waals surface area contributed by atoms with Crippen LogP contribution in [0.1, 0.15) is 38.2 Å². The standard InChI is InChI=1S/C29H28ClN7O/c1-18(2)13-14-20(32-4)15-16-22-26(31)33-17-34-27(22)35-19(3)28-36-24-12-8-11-23(30)25(24)29(38)37(28)21-9-6-5-7-10-21/h5-14,17,19,32H,1-4H3,(H3,31,33,34,35)/b20-14-. The molecule has 0 amide bonds. The largest absolute Gasteiger partial charge is 0.382 e. The van der Waals surface area contributed by atoms with E-state index in [1.54, 1.807) is 29.8 Å². The van der Waals surface area contributed by atoms with Crippen molar-refractivity contribution < 1.29 is 0 Å². The van der Waals surface area contributed by atoms with Crippen LogP contribution in [0.15, 0.2) is 83.1 Å². The van der Waals surface area contributed by atoms with Crippen molar-refractivity contribution in [2.24, 2.45) is 0 Å². The maximum atomic E-state index is 13.7. The molecule has 1 atom stereocenters. The minimum atomic E-state index is -0.467. The summed E-state index contributed by atoms with van der Waals surface area (Å²) in [7, 11) is 1.80. The van der Waals surface area contributed by atoms with Gasteiger partial charge in [-0.3, -0.25) is 9.36 Å². The maximum Gasteiger partial charge on any atom is 0.267 e. The highest BCUT2D eigenvalue weighted by atomic mass is 35.5. The lowest BCUT2D eigenvalue weighted by atomic mass is 10.2. The highest BCUT2D eigenvalue weighted by Gasteiger charge is 2.21. The Kier molecular flexibility index (Phi) is 8.09. The minimum Gasteiger partial charge on any atom is -0.382 e. The van der Waals surface area contributed by atoms with Gasteiger partial charge >= 0.3 is 0 Å². The molecule has 1 unspecified atom stereocenters. The van der Waals surface area contributed by atoms with Crippen LogP contribution in [0.4, 0.5) is 11.6 Å². The van der Waals surface area contributed by atoms with Crippen LogP contribution in [0.2, 0.25) is 5.02 Å². The lowest BCUT2D eigenvalue weighted by Gasteiger charge is -2.21. The van der Waals surface area contributed by atoms with Crippen LogP contribution in [0.3, 0.4) is 0 Å². The molecule has 9 heteroatoms. The molecule has 0 spiro atoms. The van der Waals surface area contributed by atoms with E-state index in [1.165, 1.54) is 6.33 Å². The second-order valence-electron chi connectivity index (χ2n) is 8.75. The summed E-state index contributed by atoms with van der Waals surface area (Å²) in [6.45, 7) is 5.90. The van der Waals surface area contributed by atoms with Crippen LogP contribution in [-0.4, -0.2) is 26.6 Å². The highest BCUT2D eigenvalue weighted by Crippen LogP contribution is 2.26. The third-order valence-electron chi connectivity index (χ3n) is 5.68. The second-order valence-corrected chi connectivity index (χ2v) is 9.16. The first-order valence-electron chi connectivity index (χ1n) is 12.0. The normalized spacial score (nSPS) is 11.9. The number of anilines is 2. The predicted molar refractivity (Wildman–Crippen MR) is 154 cm³/mol. The molecule has 0 saturated heterocycles. The quantitative estimate of drug-likeness (QED) is 0.240. The first kappa shape index (κ1) is 26.5. The number of nitrogens with one attached hydrogen (secondary N) is 2. The van der Waals surface area contributed by atoms with E-state index in [0.29, 0.717) is 44.5 Å². The van der Waals surface area contributed by atoms with Crippen molar-refractivity contribution in [1.29, 1.82) is 0 Å². The fraction of sp³-hybridized carbons (Fsp3) is 0.172. The average Bonchev–Trinajstić information content (AvgIpc) is 2.90. The number of fused-ring (bicyclic) bond motifs is 1. The summed E-state index contributed by atoms with van der Waals surface area (Å²) < 4.78 is 1.56. The van der Waals surface area contributed by atoms with Gasteiger partial charge in [0, 0.05) is 7.05 Å². The molecule has 0 radical (unpaired) electrons. The maximum absolute atomic E-state index is 13.7. The van der Waals surface area contributed by atoms with Gasteiger partial charge in [0.2, 0.25) is 0 Å². The molecule has 8 nitrogen and oxygen atoms in total. The van der Waals surface area contributed by atoms with Gasteiger partial charge < -0.3 is 16.4 Å². The number of nitrogens with two attached hydrogens (primary N) is 1. The van der Waals surface area contributed by atoms with Crippen molar-refractivity contribution in [3.8, 4) is 17.5 Å². The van der Waals surface area contributed by atoms with Crippen LogP contribution in [0.5, 0.6) is 0 Å². The molecule has 0 aliphatic heterocycles. The fourth-order valence-corrected chi connectivity index (χ4v) is 4.04. The summed E-state index contributed by atoms with van der Waals surface area (Å²) in [5.41, 5.74) is 9.39. The molecule has 0 saturated carbocycles. The molecule has 2 heterocycles. The van der Waals surface area contributed by atoms with E-state index in [0.717, 1.165) is 5.57 Å². The third kappa shape index (κ3) is 5.69. The summed E-state index contributed by atoms with van der Waals surface area (Å²) >= 11 is 6.41. The SMILES string of the molecule is CN/C(C#Cc1c(N)ncnc1NC(C)c1nc2cccc(Cl)c2c(=O)n1-c1ccccc1)=C\C=C(C)C. The highest BCUT2D eigenvalue weighted by molar-refractivity contribution is 6.35. The number of nitrogens with zero attached hydrogens (tertiary/aromatic N) is 4. The molecule has 2 aromatic heterocycles. The van der Waals surface area contributed by atoms with E-state index < -0.39 is 6.04 Å². The zero-order valence-corrected chi connectivity index (χ0v) is 22.3. The number of nitrogen functional groups attached to an aromatic ring is 1. The van der Waals surface area contributed by atoms with Gasteiger partial charge in [-0.15, -0.1) is 0 Å². The van der Waals surface area contributed by atoms with Crippen molar-refractivity contribution >= 4 is 34.1 Å².